The maximum Gasteiger partial charge on any atom is 0.320 e. The summed E-state index contributed by atoms with van der Waals surface area (Å²) in [6, 6.07) is -0.181. The van der Waals surface area contributed by atoms with E-state index in [0.717, 1.165) is 31.0 Å². The summed E-state index contributed by atoms with van der Waals surface area (Å²) in [7, 11) is -3.18. The fourth-order valence-electron chi connectivity index (χ4n) is 4.34. The van der Waals surface area contributed by atoms with Crippen molar-refractivity contribution in [2.45, 2.75) is 30.2 Å². The van der Waals surface area contributed by atoms with E-state index in [9.17, 15) is 13.2 Å². The molecule has 4 rings (SSSR count). The minimum Gasteiger partial charge on any atom is -0.459 e. The number of esters is 1. The molecule has 1 N–H and O–H groups in total. The van der Waals surface area contributed by atoms with Crippen LogP contribution in [0.2, 0.25) is 0 Å². The van der Waals surface area contributed by atoms with Gasteiger partial charge in [-0.05, 0) is 24.7 Å². The molecule has 4 aliphatic rings. The highest BCUT2D eigenvalue weighted by atomic mass is 32.2. The Bertz CT molecular complexity index is 546. The van der Waals surface area contributed by atoms with Gasteiger partial charge in [0, 0.05) is 24.6 Å². The predicted molar refractivity (Wildman–Crippen MR) is 79.5 cm³/mol. The summed E-state index contributed by atoms with van der Waals surface area (Å²) < 4.78 is 32.3. The zero-order valence-electron chi connectivity index (χ0n) is 11.7. The van der Waals surface area contributed by atoms with E-state index in [1.807, 2.05) is 11.8 Å². The number of carbonyl (C=O) groups excluding carboxylic acids is 1. The number of fused-ring (bicyclic) bond motifs is 1. The summed E-state index contributed by atoms with van der Waals surface area (Å²) in [5.74, 6) is 2.28. The monoisotopic (exact) mass is 332 g/mol. The molecule has 8 heteroatoms. The highest BCUT2D eigenvalue weighted by Crippen LogP contribution is 2.52. The quantitative estimate of drug-likeness (QED) is 0.713. The van der Waals surface area contributed by atoms with Crippen molar-refractivity contribution in [2.75, 3.05) is 31.1 Å². The van der Waals surface area contributed by atoms with Crippen molar-refractivity contribution in [3.8, 4) is 0 Å². The molecule has 6 nitrogen and oxygen atoms in total. The Labute approximate surface area is 129 Å². The van der Waals surface area contributed by atoms with Crippen LogP contribution in [0.4, 0.5) is 0 Å². The molecule has 2 aliphatic carbocycles. The smallest absolute Gasteiger partial charge is 0.320 e. The van der Waals surface area contributed by atoms with Crippen LogP contribution in [0.25, 0.3) is 0 Å². The topological polar surface area (TPSA) is 75.7 Å². The molecular formula is C13H20N2O4S2. The number of carbonyl (C=O) groups is 1. The van der Waals surface area contributed by atoms with Gasteiger partial charge in [0.05, 0.1) is 17.8 Å². The van der Waals surface area contributed by atoms with Crippen LogP contribution in [-0.4, -0.2) is 67.8 Å². The summed E-state index contributed by atoms with van der Waals surface area (Å²) in [6.07, 6.45) is 1.27. The minimum absolute atomic E-state index is 0.143. The molecule has 5 unspecified atom stereocenters. The molecule has 2 heterocycles. The summed E-state index contributed by atoms with van der Waals surface area (Å²) in [5.41, 5.74) is 0. The zero-order valence-corrected chi connectivity index (χ0v) is 13.4. The molecule has 2 saturated carbocycles. The van der Waals surface area contributed by atoms with E-state index in [0.29, 0.717) is 13.0 Å². The molecule has 0 aromatic carbocycles. The number of nitrogens with one attached hydrogen (secondary N) is 1. The van der Waals surface area contributed by atoms with E-state index < -0.39 is 10.0 Å². The predicted octanol–water partition coefficient (Wildman–Crippen LogP) is -0.343. The first-order chi connectivity index (χ1) is 10.0. The Morgan fingerprint density at radius 2 is 2.05 bits per heavy atom. The first kappa shape index (κ1) is 14.3. The molecule has 2 aliphatic heterocycles. The molecule has 0 amide bonds. The average molecular weight is 332 g/mol. The van der Waals surface area contributed by atoms with Gasteiger partial charge in [0.1, 0.15) is 6.10 Å². The van der Waals surface area contributed by atoms with Gasteiger partial charge in [0.25, 0.3) is 0 Å². The summed E-state index contributed by atoms with van der Waals surface area (Å²) in [4.78, 5) is 14.3. The lowest BCUT2D eigenvalue weighted by Crippen LogP contribution is -2.44. The van der Waals surface area contributed by atoms with Gasteiger partial charge in [-0.2, -0.15) is 11.8 Å². The second kappa shape index (κ2) is 5.11. The fraction of sp³-hybridized carbons (Fsp3) is 0.923. The first-order valence-electron chi connectivity index (χ1n) is 7.55. The van der Waals surface area contributed by atoms with Gasteiger partial charge in [-0.25, -0.2) is 13.1 Å². The van der Waals surface area contributed by atoms with Crippen molar-refractivity contribution >= 4 is 27.8 Å². The Morgan fingerprint density at radius 3 is 2.81 bits per heavy atom. The molecule has 4 fully saturated rings. The normalized spacial score (nSPS) is 44.1. The van der Waals surface area contributed by atoms with Crippen LogP contribution in [0.1, 0.15) is 12.8 Å². The van der Waals surface area contributed by atoms with E-state index in [4.69, 9.17) is 4.74 Å². The Kier molecular flexibility index (Phi) is 3.48. The molecule has 0 aromatic heterocycles. The number of hydrogen-bond acceptors (Lipinski definition) is 6. The van der Waals surface area contributed by atoms with Gasteiger partial charge in [-0.3, -0.25) is 9.69 Å². The van der Waals surface area contributed by atoms with Crippen LogP contribution in [0, 0.1) is 11.8 Å². The molecule has 0 spiro atoms. The molecule has 21 heavy (non-hydrogen) atoms. The van der Waals surface area contributed by atoms with Crippen molar-refractivity contribution in [1.29, 1.82) is 0 Å². The summed E-state index contributed by atoms with van der Waals surface area (Å²) in [5, 5.41) is -0.249. The largest absolute Gasteiger partial charge is 0.459 e. The second-order valence-electron chi connectivity index (χ2n) is 6.47. The Balaban J connectivity index is 1.39. The van der Waals surface area contributed by atoms with Gasteiger partial charge in [0.2, 0.25) is 10.0 Å². The third-order valence-corrected chi connectivity index (χ3v) is 8.17. The Hall–Kier alpha value is -0.310. The fourth-order valence-corrected chi connectivity index (χ4v) is 7.43. The lowest BCUT2D eigenvalue weighted by atomic mass is 9.93. The standard InChI is InChI=1S/C13H20N2O4S2/c16-11(7-15-1-3-20-4-2-15)19-13-8-5-9-10(6-8)21(17,18)14-12(9)13/h8-10,12-14H,1-7H2. The highest BCUT2D eigenvalue weighted by Gasteiger charge is 2.63. The van der Waals surface area contributed by atoms with Crippen LogP contribution < -0.4 is 4.72 Å². The lowest BCUT2D eigenvalue weighted by Gasteiger charge is -2.29. The van der Waals surface area contributed by atoms with Crippen LogP contribution in [0.5, 0.6) is 0 Å². The molecular weight excluding hydrogens is 312 g/mol. The number of hydrogen-bond donors (Lipinski definition) is 1. The highest BCUT2D eigenvalue weighted by molar-refractivity contribution is 7.99. The van der Waals surface area contributed by atoms with Gasteiger partial charge < -0.3 is 4.74 Å². The Morgan fingerprint density at radius 1 is 1.29 bits per heavy atom. The van der Waals surface area contributed by atoms with E-state index in [2.05, 4.69) is 9.62 Å². The zero-order chi connectivity index (χ0) is 14.6. The molecule has 5 atom stereocenters. The van der Waals surface area contributed by atoms with Crippen molar-refractivity contribution < 1.29 is 17.9 Å². The summed E-state index contributed by atoms with van der Waals surface area (Å²) >= 11 is 1.91. The van der Waals surface area contributed by atoms with E-state index >= 15 is 0 Å². The van der Waals surface area contributed by atoms with Gasteiger partial charge in [0.15, 0.2) is 0 Å². The lowest BCUT2D eigenvalue weighted by molar-refractivity contribution is -0.153. The molecule has 2 saturated heterocycles. The first-order valence-corrected chi connectivity index (χ1v) is 10.3. The van der Waals surface area contributed by atoms with E-state index in [-0.39, 0.29) is 35.2 Å². The molecule has 2 bridgehead atoms. The molecule has 0 aromatic rings. The van der Waals surface area contributed by atoms with E-state index in [1.165, 1.54) is 0 Å². The van der Waals surface area contributed by atoms with Crippen LogP contribution >= 0.6 is 11.8 Å². The third kappa shape index (κ3) is 2.40. The summed E-state index contributed by atoms with van der Waals surface area (Å²) in [6.45, 7) is 2.18. The minimum atomic E-state index is -3.18. The van der Waals surface area contributed by atoms with Gasteiger partial charge >= 0.3 is 5.97 Å². The van der Waals surface area contributed by atoms with Gasteiger partial charge in [-0.15, -0.1) is 0 Å². The number of thioether (sulfide) groups is 1. The van der Waals surface area contributed by atoms with Crippen molar-refractivity contribution in [3.63, 3.8) is 0 Å². The SMILES string of the molecule is O=C(CN1CCSCC1)OC1C2CC3C1NS(=O)(=O)C3C2. The molecule has 0 radical (unpaired) electrons. The number of sulfonamides is 1. The van der Waals surface area contributed by atoms with Crippen LogP contribution in [-0.2, 0) is 19.6 Å². The van der Waals surface area contributed by atoms with Crippen molar-refractivity contribution in [3.05, 3.63) is 0 Å². The average Bonchev–Trinajstić information content (AvgIpc) is 3.04. The maximum atomic E-state index is 12.1. The molecule has 118 valence electrons. The van der Waals surface area contributed by atoms with Crippen LogP contribution in [0.3, 0.4) is 0 Å². The van der Waals surface area contributed by atoms with E-state index in [1.54, 1.807) is 0 Å². The second-order valence-corrected chi connectivity index (χ2v) is 9.62. The third-order valence-electron chi connectivity index (χ3n) is 5.29. The maximum absolute atomic E-state index is 12.1. The number of ether oxygens (including phenoxy) is 1. The number of rotatable bonds is 3. The number of nitrogens with zero attached hydrogens (tertiary/aromatic N) is 1. The van der Waals surface area contributed by atoms with Crippen LogP contribution in [0.15, 0.2) is 0 Å². The van der Waals surface area contributed by atoms with Gasteiger partial charge in [-0.1, -0.05) is 0 Å². The van der Waals surface area contributed by atoms with Crippen molar-refractivity contribution in [2.24, 2.45) is 11.8 Å². The van der Waals surface area contributed by atoms with Crippen molar-refractivity contribution in [1.82, 2.24) is 9.62 Å².